The number of likely N-dealkylation sites (tertiary alicyclic amines) is 2. The number of aromatic nitrogens is 1. The number of H-pyrrole nitrogens is 1. The predicted molar refractivity (Wildman–Crippen MR) is 142 cm³/mol. The van der Waals surface area contributed by atoms with Crippen LogP contribution in [0.4, 0.5) is 0 Å². The average molecular weight is 472 g/mol. The van der Waals surface area contributed by atoms with Crippen LogP contribution in [0.25, 0.3) is 15.7 Å². The number of carbonyl (C=O) groups excluding carboxylic acids is 1. The molecule has 0 spiro atoms. The van der Waals surface area contributed by atoms with Crippen LogP contribution in [0.15, 0.2) is 30.0 Å². The summed E-state index contributed by atoms with van der Waals surface area (Å²) in [6.45, 7) is 11.9. The van der Waals surface area contributed by atoms with Gasteiger partial charge in [-0.25, -0.2) is 0 Å². The van der Waals surface area contributed by atoms with E-state index >= 15 is 0 Å². The van der Waals surface area contributed by atoms with Gasteiger partial charge in [-0.15, -0.1) is 0 Å². The molecule has 2 saturated heterocycles. The minimum Gasteiger partial charge on any atom is -0.375 e. The van der Waals surface area contributed by atoms with Crippen molar-refractivity contribution in [2.45, 2.75) is 64.3 Å². The summed E-state index contributed by atoms with van der Waals surface area (Å²) in [6.07, 6.45) is 8.53. The van der Waals surface area contributed by atoms with Crippen LogP contribution < -0.4 is 0 Å². The number of carbonyl (C=O) groups is 1. The zero-order valence-corrected chi connectivity index (χ0v) is 21.7. The molecule has 1 N–H and O–H groups in total. The molecule has 1 aromatic heterocycles. The molecule has 2 aromatic rings. The van der Waals surface area contributed by atoms with Crippen LogP contribution in [0.3, 0.4) is 0 Å². The van der Waals surface area contributed by atoms with E-state index < -0.39 is 0 Å². The van der Waals surface area contributed by atoms with E-state index in [1.165, 1.54) is 38.0 Å². The summed E-state index contributed by atoms with van der Waals surface area (Å²) in [7, 11) is 1.74. The zero-order chi connectivity index (χ0) is 24.3. The van der Waals surface area contributed by atoms with Crippen LogP contribution in [0.2, 0.25) is 0 Å². The standard InChI is InChI=1S/C30H38N4O/c1-5-20-16-23-24(17-26(20)34-13-9-21(10-14-34)33-11-6-12-33)30(2,3)29-27(28(23)35)22-8-7-19(18-31-4)15-25(22)32-29/h7-8,15,17,20-21,23-24H,5-6,9-14,16H2,1-4H3/p+1. The van der Waals surface area contributed by atoms with Crippen molar-refractivity contribution in [3.8, 4) is 6.07 Å². The zero-order valence-electron chi connectivity index (χ0n) is 21.7. The van der Waals surface area contributed by atoms with Gasteiger partial charge in [0.2, 0.25) is 0 Å². The van der Waals surface area contributed by atoms with Gasteiger partial charge in [0.05, 0.1) is 0 Å². The molecule has 5 nitrogen and oxygen atoms in total. The maximum Gasteiger partial charge on any atom is 0.310 e. The van der Waals surface area contributed by atoms with E-state index in [0.717, 1.165) is 59.7 Å². The Kier molecular flexibility index (Phi) is 5.56. The van der Waals surface area contributed by atoms with E-state index in [2.05, 4.69) is 64.7 Å². The number of nitrogens with zero attached hydrogens (tertiary/aromatic N) is 3. The van der Waals surface area contributed by atoms with E-state index in [9.17, 15) is 4.79 Å². The first-order chi connectivity index (χ1) is 16.9. The fourth-order valence-corrected chi connectivity index (χ4v) is 7.41. The maximum absolute atomic E-state index is 14.0. The lowest BCUT2D eigenvalue weighted by Gasteiger charge is -2.49. The summed E-state index contributed by atoms with van der Waals surface area (Å²) in [6, 6.07) is 9.99. The topological polar surface area (TPSA) is 43.7 Å². The third-order valence-electron chi connectivity index (χ3n) is 9.57. The van der Waals surface area contributed by atoms with Gasteiger partial charge in [0.15, 0.2) is 5.78 Å². The monoisotopic (exact) mass is 471 g/mol. The molecule has 3 unspecified atom stereocenters. The number of rotatable bonds is 3. The second-order valence-electron chi connectivity index (χ2n) is 11.7. The van der Waals surface area contributed by atoms with Crippen LogP contribution >= 0.6 is 0 Å². The molecule has 35 heavy (non-hydrogen) atoms. The Hall–Kier alpha value is -2.58. The first-order valence-corrected chi connectivity index (χ1v) is 13.7. The Morgan fingerprint density at radius 2 is 1.94 bits per heavy atom. The Bertz CT molecular complexity index is 1250. The minimum atomic E-state index is -0.129. The second-order valence-corrected chi connectivity index (χ2v) is 11.7. The van der Waals surface area contributed by atoms with Crippen molar-refractivity contribution in [2.24, 2.45) is 17.8 Å². The van der Waals surface area contributed by atoms with E-state index in [1.807, 2.05) is 6.07 Å². The number of ketones is 1. The highest BCUT2D eigenvalue weighted by atomic mass is 16.1. The van der Waals surface area contributed by atoms with Gasteiger partial charge in [0.25, 0.3) is 7.05 Å². The molecule has 0 radical (unpaired) electrons. The van der Waals surface area contributed by atoms with Gasteiger partial charge in [-0.05, 0) is 69.2 Å². The van der Waals surface area contributed by atoms with Crippen LogP contribution in [0.5, 0.6) is 0 Å². The Balaban J connectivity index is 1.36. The predicted octanol–water partition coefficient (Wildman–Crippen LogP) is 5.67. The first-order valence-electron chi connectivity index (χ1n) is 13.7. The molecule has 0 bridgehead atoms. The summed E-state index contributed by atoms with van der Waals surface area (Å²) >= 11 is 0. The van der Waals surface area contributed by atoms with Crippen molar-refractivity contribution in [3.05, 3.63) is 51.6 Å². The Labute approximate surface area is 209 Å². The number of Topliss-reactive ketones (excluding diaryl/α,β-unsaturated/α-hetero) is 1. The van der Waals surface area contributed by atoms with Gasteiger partial charge in [0.1, 0.15) is 5.56 Å². The smallest absolute Gasteiger partial charge is 0.310 e. The number of hydrogen-bond acceptors (Lipinski definition) is 3. The molecule has 3 heterocycles. The van der Waals surface area contributed by atoms with Gasteiger partial charge in [-0.2, -0.15) is 0 Å². The van der Waals surface area contributed by atoms with E-state index in [-0.39, 0.29) is 17.3 Å². The van der Waals surface area contributed by atoms with Gasteiger partial charge < -0.3 is 14.8 Å². The normalized spacial score (nSPS) is 28.6. The maximum atomic E-state index is 14.0. The Morgan fingerprint density at radius 3 is 2.60 bits per heavy atom. The number of benzene rings is 1. The molecule has 0 saturated carbocycles. The molecule has 184 valence electrons. The van der Waals surface area contributed by atoms with E-state index in [1.54, 1.807) is 7.05 Å². The van der Waals surface area contributed by atoms with E-state index in [4.69, 9.17) is 0 Å². The van der Waals surface area contributed by atoms with Crippen molar-refractivity contribution in [1.82, 2.24) is 14.8 Å². The molecular weight excluding hydrogens is 432 g/mol. The second kappa shape index (κ2) is 8.52. The molecule has 0 amide bonds. The summed E-state index contributed by atoms with van der Waals surface area (Å²) < 4.78 is 0. The fraction of sp³-hybridized carbons (Fsp3) is 0.600. The summed E-state index contributed by atoms with van der Waals surface area (Å²) in [5.41, 5.74) is 5.38. The van der Waals surface area contributed by atoms with Gasteiger partial charge >= 0.3 is 6.07 Å². The summed E-state index contributed by atoms with van der Waals surface area (Å²) in [5, 5.41) is 1.05. The van der Waals surface area contributed by atoms with Crippen LogP contribution in [0, 0.1) is 23.8 Å². The number of allylic oxidation sites excluding steroid dienone is 2. The lowest BCUT2D eigenvalue weighted by atomic mass is 9.58. The molecule has 2 aliphatic heterocycles. The molecule has 6 rings (SSSR count). The number of piperidine rings is 1. The number of aromatic amines is 1. The third kappa shape index (κ3) is 3.56. The lowest BCUT2D eigenvalue weighted by Crippen LogP contribution is -2.51. The van der Waals surface area contributed by atoms with Crippen molar-refractivity contribution >= 4 is 16.7 Å². The fourth-order valence-electron chi connectivity index (χ4n) is 7.41. The van der Waals surface area contributed by atoms with Crippen molar-refractivity contribution < 1.29 is 4.79 Å². The molecule has 2 aliphatic carbocycles. The van der Waals surface area contributed by atoms with Gasteiger partial charge in [-0.1, -0.05) is 37.8 Å². The van der Waals surface area contributed by atoms with Gasteiger partial charge in [-0.3, -0.25) is 4.79 Å². The number of fused-ring (bicyclic) bond motifs is 4. The molecule has 5 heteroatoms. The highest BCUT2D eigenvalue weighted by Gasteiger charge is 2.51. The largest absolute Gasteiger partial charge is 0.375 e. The molecular formula is C30H39N4O+. The van der Waals surface area contributed by atoms with E-state index in [0.29, 0.717) is 11.7 Å². The molecule has 4 aliphatic rings. The van der Waals surface area contributed by atoms with Crippen LogP contribution in [-0.4, -0.2) is 59.8 Å². The number of nitrogens with one attached hydrogen (secondary N) is 1. The SMILES string of the molecule is CCC1CC2C(=O)c3c([nH]c4cc(C#[N+]C)ccc34)C(C)(C)C2C=C1N1CCC(N2CCC2)CC1. The third-order valence-corrected chi connectivity index (χ3v) is 9.57. The minimum absolute atomic E-state index is 0.0623. The summed E-state index contributed by atoms with van der Waals surface area (Å²) in [4.78, 5) is 27.1. The average Bonchev–Trinajstić information content (AvgIpc) is 3.22. The lowest BCUT2D eigenvalue weighted by molar-refractivity contribution is 0.0612. The van der Waals surface area contributed by atoms with Crippen molar-refractivity contribution in [3.63, 3.8) is 0 Å². The highest BCUT2D eigenvalue weighted by molar-refractivity contribution is 6.12. The highest BCUT2D eigenvalue weighted by Crippen LogP contribution is 2.52. The quantitative estimate of drug-likeness (QED) is 0.627. The van der Waals surface area contributed by atoms with Crippen LogP contribution in [0.1, 0.15) is 74.5 Å². The Morgan fingerprint density at radius 1 is 1.17 bits per heavy atom. The van der Waals surface area contributed by atoms with Crippen molar-refractivity contribution in [1.29, 1.82) is 0 Å². The molecule has 3 atom stereocenters. The van der Waals surface area contributed by atoms with Crippen molar-refractivity contribution in [2.75, 3.05) is 33.2 Å². The molecule has 1 aromatic carbocycles. The van der Waals surface area contributed by atoms with Gasteiger partial charge in [0, 0.05) is 58.3 Å². The van der Waals surface area contributed by atoms with Crippen LogP contribution in [-0.2, 0) is 5.41 Å². The number of hydrogen-bond donors (Lipinski definition) is 1. The summed E-state index contributed by atoms with van der Waals surface area (Å²) in [5.74, 6) is 1.10. The molecule has 2 fully saturated rings. The first kappa shape index (κ1) is 22.9.